The Morgan fingerprint density at radius 3 is 2.58 bits per heavy atom. The number of hydrogen-bond donors (Lipinski definition) is 0. The molecule has 1 aliphatic heterocycles. The van der Waals surface area contributed by atoms with Gasteiger partial charge in [-0.2, -0.15) is 0 Å². The van der Waals surface area contributed by atoms with E-state index < -0.39 is 0 Å². The quantitative estimate of drug-likeness (QED) is 0.766. The molecule has 3 rings (SSSR count). The van der Waals surface area contributed by atoms with Crippen LogP contribution in [0.2, 0.25) is 5.02 Å². The van der Waals surface area contributed by atoms with Gasteiger partial charge < -0.3 is 0 Å². The molecule has 1 aliphatic rings. The number of hydrogen-bond acceptors (Lipinski definition) is 3. The van der Waals surface area contributed by atoms with Crippen molar-refractivity contribution in [1.29, 1.82) is 0 Å². The number of nitrogens with zero attached hydrogens (tertiary/aromatic N) is 1. The molecule has 0 fully saturated rings. The van der Waals surface area contributed by atoms with Crippen LogP contribution in [0.25, 0.3) is 0 Å². The summed E-state index contributed by atoms with van der Waals surface area (Å²) in [4.78, 5) is 16.5. The topological polar surface area (TPSA) is 29.4 Å². The Bertz CT molecular complexity index is 709. The van der Waals surface area contributed by atoms with Gasteiger partial charge in [0, 0.05) is 16.1 Å². The second-order valence-electron chi connectivity index (χ2n) is 4.28. The van der Waals surface area contributed by atoms with Crippen molar-refractivity contribution in [3.8, 4) is 0 Å². The fraction of sp³-hybridized carbons (Fsp3) is 0.0667. The molecule has 0 aliphatic carbocycles. The van der Waals surface area contributed by atoms with Crippen molar-refractivity contribution in [3.63, 3.8) is 0 Å². The first-order chi connectivity index (χ1) is 9.15. The number of carbonyl (C=O) groups excluding carboxylic acids is 1. The molecule has 0 aromatic heterocycles. The van der Waals surface area contributed by atoms with Crippen LogP contribution in [0.15, 0.2) is 47.5 Å². The lowest BCUT2D eigenvalue weighted by Crippen LogP contribution is -1.90. The lowest BCUT2D eigenvalue weighted by molar-refractivity contribution is 0.109. The summed E-state index contributed by atoms with van der Waals surface area (Å²) < 4.78 is 0. The summed E-state index contributed by atoms with van der Waals surface area (Å²) >= 11 is 7.11. The zero-order valence-electron chi connectivity index (χ0n) is 10.2. The van der Waals surface area contributed by atoms with Crippen LogP contribution in [0.5, 0.6) is 0 Å². The van der Waals surface area contributed by atoms with Crippen LogP contribution in [-0.2, 0) is 0 Å². The van der Waals surface area contributed by atoms with Gasteiger partial charge in [0.1, 0.15) is 5.04 Å². The van der Waals surface area contributed by atoms with Crippen molar-refractivity contribution in [2.45, 2.75) is 6.92 Å². The minimum Gasteiger partial charge on any atom is -0.281 e. The van der Waals surface area contributed by atoms with E-state index in [-0.39, 0.29) is 5.12 Å². The first-order valence-corrected chi connectivity index (χ1v) is 7.01. The molecule has 0 bridgehead atoms. The van der Waals surface area contributed by atoms with Gasteiger partial charge in [-0.1, -0.05) is 29.8 Å². The van der Waals surface area contributed by atoms with Crippen molar-refractivity contribution < 1.29 is 4.79 Å². The van der Waals surface area contributed by atoms with Gasteiger partial charge in [-0.05, 0) is 48.5 Å². The maximum atomic E-state index is 11.9. The van der Waals surface area contributed by atoms with E-state index in [1.165, 1.54) is 11.8 Å². The van der Waals surface area contributed by atoms with E-state index in [2.05, 4.69) is 4.99 Å². The van der Waals surface area contributed by atoms with Crippen molar-refractivity contribution in [2.24, 2.45) is 4.99 Å². The van der Waals surface area contributed by atoms with Crippen LogP contribution in [0.1, 0.15) is 21.5 Å². The number of carbonyl (C=O) groups is 1. The molecule has 0 N–H and O–H groups in total. The summed E-state index contributed by atoms with van der Waals surface area (Å²) in [5, 5.41) is 1.50. The molecule has 2 aromatic rings. The van der Waals surface area contributed by atoms with E-state index in [4.69, 9.17) is 11.6 Å². The molecule has 2 nitrogen and oxygen atoms in total. The summed E-state index contributed by atoms with van der Waals surface area (Å²) in [6, 6.07) is 13.1. The highest BCUT2D eigenvalue weighted by molar-refractivity contribution is 8.27. The number of rotatable bonds is 1. The van der Waals surface area contributed by atoms with Crippen molar-refractivity contribution >= 4 is 39.2 Å². The predicted molar refractivity (Wildman–Crippen MR) is 80.7 cm³/mol. The van der Waals surface area contributed by atoms with Gasteiger partial charge in [-0.15, -0.1) is 0 Å². The third-order valence-electron chi connectivity index (χ3n) is 2.95. The second-order valence-corrected chi connectivity index (χ2v) is 5.68. The van der Waals surface area contributed by atoms with E-state index in [0.29, 0.717) is 5.02 Å². The Labute approximate surface area is 120 Å². The Morgan fingerprint density at radius 2 is 1.84 bits per heavy atom. The fourth-order valence-corrected chi connectivity index (χ4v) is 3.10. The number of benzene rings is 2. The number of thioether (sulfide) groups is 1. The maximum Gasteiger partial charge on any atom is 0.226 e. The van der Waals surface area contributed by atoms with Gasteiger partial charge in [-0.25, -0.2) is 4.99 Å². The van der Waals surface area contributed by atoms with Gasteiger partial charge in [0.05, 0.1) is 5.69 Å². The standard InChI is InChI=1S/C15H10ClNOS/c1-9-8-10(16)6-7-13(9)17-14-11-4-2-3-5-12(11)15(18)19-14/h2-8H,1H3. The smallest absolute Gasteiger partial charge is 0.226 e. The van der Waals surface area contributed by atoms with Crippen LogP contribution in [0.4, 0.5) is 5.69 Å². The zero-order valence-corrected chi connectivity index (χ0v) is 11.8. The Kier molecular flexibility index (Phi) is 3.17. The van der Waals surface area contributed by atoms with Crippen molar-refractivity contribution in [3.05, 3.63) is 64.2 Å². The van der Waals surface area contributed by atoms with E-state index >= 15 is 0 Å². The first kappa shape index (κ1) is 12.5. The predicted octanol–water partition coefficient (Wildman–Crippen LogP) is 4.61. The molecule has 0 saturated heterocycles. The molecule has 0 radical (unpaired) electrons. The molecule has 4 heteroatoms. The molecular weight excluding hydrogens is 278 g/mol. The zero-order chi connectivity index (χ0) is 13.4. The number of fused-ring (bicyclic) bond motifs is 1. The van der Waals surface area contributed by atoms with Gasteiger partial charge >= 0.3 is 0 Å². The first-order valence-electron chi connectivity index (χ1n) is 5.81. The monoisotopic (exact) mass is 287 g/mol. The number of aliphatic imine (C=N–C) groups is 1. The molecule has 2 aromatic carbocycles. The van der Waals surface area contributed by atoms with Crippen molar-refractivity contribution in [1.82, 2.24) is 0 Å². The van der Waals surface area contributed by atoms with Crippen LogP contribution >= 0.6 is 23.4 Å². The van der Waals surface area contributed by atoms with Crippen LogP contribution < -0.4 is 0 Å². The van der Waals surface area contributed by atoms with Crippen LogP contribution in [0, 0.1) is 6.92 Å². The lowest BCUT2D eigenvalue weighted by Gasteiger charge is -2.02. The highest BCUT2D eigenvalue weighted by Gasteiger charge is 2.26. The van der Waals surface area contributed by atoms with E-state index in [1.807, 2.05) is 43.3 Å². The number of halogens is 1. The Balaban J connectivity index is 2.09. The molecule has 0 saturated carbocycles. The summed E-state index contributed by atoms with van der Waals surface area (Å²) in [5.74, 6) is 0. The van der Waals surface area contributed by atoms with E-state index in [1.54, 1.807) is 6.07 Å². The minimum atomic E-state index is 0.0565. The molecule has 0 atom stereocenters. The molecule has 94 valence electrons. The SMILES string of the molecule is Cc1cc(Cl)ccc1N=C1SC(=O)c2ccccc21. The normalized spacial score (nSPS) is 15.9. The molecule has 1 heterocycles. The molecule has 0 spiro atoms. The van der Waals surface area contributed by atoms with Gasteiger partial charge in [0.2, 0.25) is 5.12 Å². The second kappa shape index (κ2) is 4.83. The highest BCUT2D eigenvalue weighted by Crippen LogP contribution is 2.33. The Morgan fingerprint density at radius 1 is 1.11 bits per heavy atom. The Hall–Kier alpha value is -1.58. The highest BCUT2D eigenvalue weighted by atomic mass is 35.5. The fourth-order valence-electron chi connectivity index (χ4n) is 1.98. The van der Waals surface area contributed by atoms with Gasteiger partial charge in [-0.3, -0.25) is 4.79 Å². The van der Waals surface area contributed by atoms with Gasteiger partial charge in [0.15, 0.2) is 0 Å². The van der Waals surface area contributed by atoms with Crippen molar-refractivity contribution in [2.75, 3.05) is 0 Å². The average Bonchev–Trinajstić information content (AvgIpc) is 2.71. The van der Waals surface area contributed by atoms with E-state index in [0.717, 1.165) is 27.4 Å². The minimum absolute atomic E-state index is 0.0565. The molecule has 0 amide bonds. The summed E-state index contributed by atoms with van der Waals surface area (Å²) in [6.45, 7) is 1.96. The lowest BCUT2D eigenvalue weighted by atomic mass is 10.1. The van der Waals surface area contributed by atoms with Gasteiger partial charge in [0.25, 0.3) is 0 Å². The molecule has 0 unspecified atom stereocenters. The summed E-state index contributed by atoms with van der Waals surface area (Å²) in [5.41, 5.74) is 3.48. The molecular formula is C15H10ClNOS. The summed E-state index contributed by atoms with van der Waals surface area (Å²) in [7, 11) is 0. The molecule has 19 heavy (non-hydrogen) atoms. The van der Waals surface area contributed by atoms with Crippen LogP contribution in [0.3, 0.4) is 0 Å². The largest absolute Gasteiger partial charge is 0.281 e. The maximum absolute atomic E-state index is 11.9. The van der Waals surface area contributed by atoms with E-state index in [9.17, 15) is 4.79 Å². The third kappa shape index (κ3) is 2.31. The number of aryl methyl sites for hydroxylation is 1. The average molecular weight is 288 g/mol. The van der Waals surface area contributed by atoms with Crippen LogP contribution in [-0.4, -0.2) is 10.2 Å². The summed E-state index contributed by atoms with van der Waals surface area (Å²) in [6.07, 6.45) is 0. The third-order valence-corrected chi connectivity index (χ3v) is 4.09.